The molecule has 2 nitrogen and oxygen atoms in total. The van der Waals surface area contributed by atoms with Crippen molar-refractivity contribution in [1.82, 2.24) is 10.6 Å². The molecule has 2 aliphatic rings. The lowest BCUT2D eigenvalue weighted by atomic mass is 9.88. The predicted octanol–water partition coefficient (Wildman–Crippen LogP) is 1.76. The van der Waals surface area contributed by atoms with E-state index in [9.17, 15) is 0 Å². The van der Waals surface area contributed by atoms with E-state index in [2.05, 4.69) is 24.5 Å². The maximum Gasteiger partial charge on any atom is 0.0108 e. The van der Waals surface area contributed by atoms with E-state index in [1.807, 2.05) is 0 Å². The monoisotopic (exact) mass is 196 g/mol. The fourth-order valence-corrected chi connectivity index (χ4v) is 2.82. The third-order valence-electron chi connectivity index (χ3n) is 3.88. The predicted molar refractivity (Wildman–Crippen MR) is 60.4 cm³/mol. The largest absolute Gasteiger partial charge is 0.316 e. The van der Waals surface area contributed by atoms with Crippen LogP contribution in [0.25, 0.3) is 0 Å². The summed E-state index contributed by atoms with van der Waals surface area (Å²) in [6.07, 6.45) is 5.55. The molecule has 2 saturated heterocycles. The smallest absolute Gasteiger partial charge is 0.0108 e. The molecule has 0 aromatic heterocycles. The Morgan fingerprint density at radius 3 is 2.79 bits per heavy atom. The molecule has 2 unspecified atom stereocenters. The van der Waals surface area contributed by atoms with Crippen molar-refractivity contribution in [2.45, 2.75) is 45.6 Å². The molecule has 2 aliphatic heterocycles. The van der Waals surface area contributed by atoms with Crippen LogP contribution >= 0.6 is 0 Å². The van der Waals surface area contributed by atoms with Gasteiger partial charge in [0.1, 0.15) is 0 Å². The molecule has 14 heavy (non-hydrogen) atoms. The third-order valence-corrected chi connectivity index (χ3v) is 3.88. The van der Waals surface area contributed by atoms with Crippen LogP contribution in [0.4, 0.5) is 0 Å². The maximum atomic E-state index is 3.77. The topological polar surface area (TPSA) is 24.1 Å². The molecule has 0 saturated carbocycles. The first-order valence-electron chi connectivity index (χ1n) is 6.11. The number of hydrogen-bond acceptors (Lipinski definition) is 2. The van der Waals surface area contributed by atoms with Crippen LogP contribution in [0.5, 0.6) is 0 Å². The molecule has 0 spiro atoms. The van der Waals surface area contributed by atoms with E-state index < -0.39 is 0 Å². The van der Waals surface area contributed by atoms with Gasteiger partial charge in [-0.25, -0.2) is 0 Å². The average Bonchev–Trinajstić information content (AvgIpc) is 2.58. The molecule has 2 heteroatoms. The van der Waals surface area contributed by atoms with Crippen LogP contribution in [0, 0.1) is 11.3 Å². The second-order valence-electron chi connectivity index (χ2n) is 5.80. The molecule has 2 N–H and O–H groups in total. The number of nitrogens with one attached hydrogen (secondary N) is 2. The first-order valence-corrected chi connectivity index (χ1v) is 6.11. The van der Waals surface area contributed by atoms with Crippen LogP contribution in [0.15, 0.2) is 0 Å². The lowest BCUT2D eigenvalue weighted by Gasteiger charge is -2.25. The summed E-state index contributed by atoms with van der Waals surface area (Å²) in [5.41, 5.74) is 0.515. The minimum Gasteiger partial charge on any atom is -0.316 e. The highest BCUT2D eigenvalue weighted by Gasteiger charge is 2.29. The quantitative estimate of drug-likeness (QED) is 0.668. The van der Waals surface area contributed by atoms with Gasteiger partial charge in [-0.15, -0.1) is 0 Å². The summed E-state index contributed by atoms with van der Waals surface area (Å²) in [6, 6.07) is 0.784. The molecule has 0 aliphatic carbocycles. The maximum absolute atomic E-state index is 3.77. The Bertz CT molecular complexity index is 183. The van der Waals surface area contributed by atoms with Crippen LogP contribution in [0.1, 0.15) is 39.5 Å². The highest BCUT2D eigenvalue weighted by molar-refractivity contribution is 4.87. The van der Waals surface area contributed by atoms with Crippen LogP contribution in [-0.2, 0) is 0 Å². The van der Waals surface area contributed by atoms with E-state index in [0.717, 1.165) is 12.0 Å². The highest BCUT2D eigenvalue weighted by atomic mass is 15.0. The fraction of sp³-hybridized carbons (Fsp3) is 1.00. The summed E-state index contributed by atoms with van der Waals surface area (Å²) >= 11 is 0. The Morgan fingerprint density at radius 2 is 2.07 bits per heavy atom. The van der Waals surface area contributed by atoms with Gasteiger partial charge in [0.05, 0.1) is 0 Å². The molecule has 0 radical (unpaired) electrons. The minimum atomic E-state index is 0.515. The summed E-state index contributed by atoms with van der Waals surface area (Å²) in [4.78, 5) is 0. The number of rotatable bonds is 1. The third kappa shape index (κ3) is 2.48. The standard InChI is InChI=1S/C12H24N2/c1-12(2)6-3-4-11(14-9-12)10-5-7-13-8-10/h10-11,13-14H,3-9H2,1-2H3. The fourth-order valence-electron chi connectivity index (χ4n) is 2.82. The Morgan fingerprint density at radius 1 is 1.21 bits per heavy atom. The van der Waals surface area contributed by atoms with Crippen molar-refractivity contribution in [2.75, 3.05) is 19.6 Å². The molecule has 2 fully saturated rings. The van der Waals surface area contributed by atoms with Crippen LogP contribution in [0.2, 0.25) is 0 Å². The van der Waals surface area contributed by atoms with Crippen molar-refractivity contribution in [1.29, 1.82) is 0 Å². The lowest BCUT2D eigenvalue weighted by molar-refractivity contribution is 0.312. The second kappa shape index (κ2) is 4.19. The van der Waals surface area contributed by atoms with Gasteiger partial charge in [0.15, 0.2) is 0 Å². The van der Waals surface area contributed by atoms with E-state index in [0.29, 0.717) is 5.41 Å². The summed E-state index contributed by atoms with van der Waals surface area (Å²) in [6.45, 7) is 8.43. The zero-order valence-corrected chi connectivity index (χ0v) is 9.60. The lowest BCUT2D eigenvalue weighted by Crippen LogP contribution is -2.39. The van der Waals surface area contributed by atoms with Gasteiger partial charge >= 0.3 is 0 Å². The summed E-state index contributed by atoms with van der Waals surface area (Å²) in [5, 5.41) is 7.24. The number of hydrogen-bond donors (Lipinski definition) is 2. The zero-order valence-electron chi connectivity index (χ0n) is 9.60. The van der Waals surface area contributed by atoms with Crippen LogP contribution in [-0.4, -0.2) is 25.7 Å². The molecule has 0 aromatic carbocycles. The molecule has 2 heterocycles. The Labute approximate surface area is 87.8 Å². The van der Waals surface area contributed by atoms with Crippen LogP contribution < -0.4 is 10.6 Å². The van der Waals surface area contributed by atoms with Crippen molar-refractivity contribution < 1.29 is 0 Å². The van der Waals surface area contributed by atoms with Gasteiger partial charge in [-0.05, 0) is 43.7 Å². The van der Waals surface area contributed by atoms with E-state index in [1.165, 1.54) is 45.3 Å². The molecule has 2 atom stereocenters. The van der Waals surface area contributed by atoms with Crippen molar-refractivity contribution in [3.8, 4) is 0 Å². The van der Waals surface area contributed by atoms with E-state index >= 15 is 0 Å². The minimum absolute atomic E-state index is 0.515. The van der Waals surface area contributed by atoms with E-state index in [1.54, 1.807) is 0 Å². The first-order chi connectivity index (χ1) is 6.67. The molecule has 0 bridgehead atoms. The van der Waals surface area contributed by atoms with Gasteiger partial charge in [-0.1, -0.05) is 20.3 Å². The first kappa shape index (κ1) is 10.4. The van der Waals surface area contributed by atoms with Gasteiger partial charge in [-0.3, -0.25) is 0 Å². The molecule has 0 aromatic rings. The Hall–Kier alpha value is -0.0800. The normalized spacial score (nSPS) is 38.1. The van der Waals surface area contributed by atoms with Crippen molar-refractivity contribution in [3.63, 3.8) is 0 Å². The summed E-state index contributed by atoms with van der Waals surface area (Å²) < 4.78 is 0. The van der Waals surface area contributed by atoms with Crippen LogP contribution in [0.3, 0.4) is 0 Å². The van der Waals surface area contributed by atoms with Gasteiger partial charge < -0.3 is 10.6 Å². The molecular formula is C12H24N2. The Kier molecular flexibility index (Phi) is 3.13. The van der Waals surface area contributed by atoms with E-state index in [-0.39, 0.29) is 0 Å². The van der Waals surface area contributed by atoms with Gasteiger partial charge in [-0.2, -0.15) is 0 Å². The average molecular weight is 196 g/mol. The highest BCUT2D eigenvalue weighted by Crippen LogP contribution is 2.28. The molecule has 0 amide bonds. The van der Waals surface area contributed by atoms with Gasteiger partial charge in [0.2, 0.25) is 0 Å². The molecule has 2 rings (SSSR count). The summed E-state index contributed by atoms with van der Waals surface area (Å²) in [5.74, 6) is 0.892. The van der Waals surface area contributed by atoms with Gasteiger partial charge in [0.25, 0.3) is 0 Å². The van der Waals surface area contributed by atoms with Crippen molar-refractivity contribution in [2.24, 2.45) is 11.3 Å². The zero-order chi connectivity index (χ0) is 10.0. The Balaban J connectivity index is 1.88. The second-order valence-corrected chi connectivity index (χ2v) is 5.80. The van der Waals surface area contributed by atoms with Crippen molar-refractivity contribution >= 4 is 0 Å². The van der Waals surface area contributed by atoms with Crippen molar-refractivity contribution in [3.05, 3.63) is 0 Å². The SMILES string of the molecule is CC1(C)CCCC(C2CCNC2)NC1. The molecular weight excluding hydrogens is 172 g/mol. The molecule has 82 valence electrons. The van der Waals surface area contributed by atoms with E-state index in [4.69, 9.17) is 0 Å². The summed E-state index contributed by atoms with van der Waals surface area (Å²) in [7, 11) is 0. The van der Waals surface area contributed by atoms with Gasteiger partial charge in [0, 0.05) is 12.6 Å².